The van der Waals surface area contributed by atoms with Gasteiger partial charge in [0.1, 0.15) is 0 Å². The van der Waals surface area contributed by atoms with Gasteiger partial charge in [-0.3, -0.25) is 9.89 Å². The second-order valence-corrected chi connectivity index (χ2v) is 4.02. The number of aromatic nitrogens is 2. The number of H-pyrrole nitrogens is 1. The maximum absolute atomic E-state index is 13.6. The van der Waals surface area contributed by atoms with E-state index in [1.165, 1.54) is 19.2 Å². The predicted octanol–water partition coefficient (Wildman–Crippen LogP) is 2.24. The molecule has 100 valence electrons. The summed E-state index contributed by atoms with van der Waals surface area (Å²) < 4.78 is 18.4. The fourth-order valence-corrected chi connectivity index (χ4v) is 1.70. The number of rotatable bonds is 5. The third-order valence-electron chi connectivity index (χ3n) is 2.69. The molecule has 0 atom stereocenters. The summed E-state index contributed by atoms with van der Waals surface area (Å²) >= 11 is 0. The van der Waals surface area contributed by atoms with Crippen molar-refractivity contribution >= 4 is 5.97 Å². The Morgan fingerprint density at radius 2 is 2.26 bits per heavy atom. The van der Waals surface area contributed by atoms with Crippen molar-refractivity contribution in [3.63, 3.8) is 0 Å². The van der Waals surface area contributed by atoms with Crippen molar-refractivity contribution < 1.29 is 19.0 Å². The van der Waals surface area contributed by atoms with Crippen LogP contribution in [0.1, 0.15) is 12.1 Å². The van der Waals surface area contributed by atoms with Crippen LogP contribution in [0.25, 0.3) is 11.3 Å². The van der Waals surface area contributed by atoms with Gasteiger partial charge in [-0.05, 0) is 30.7 Å². The van der Waals surface area contributed by atoms with Crippen molar-refractivity contribution in [1.82, 2.24) is 10.2 Å². The van der Waals surface area contributed by atoms with E-state index in [9.17, 15) is 9.18 Å². The van der Waals surface area contributed by atoms with Crippen LogP contribution in [0, 0.1) is 5.82 Å². The van der Waals surface area contributed by atoms with E-state index in [2.05, 4.69) is 10.2 Å². The van der Waals surface area contributed by atoms with Gasteiger partial charge in [0.05, 0.1) is 19.2 Å². The minimum absolute atomic E-state index is 0.0264. The first-order valence-electron chi connectivity index (χ1n) is 5.70. The number of carboxylic acids is 1. The Hall–Kier alpha value is -2.37. The highest BCUT2D eigenvalue weighted by molar-refractivity contribution is 5.67. The number of aromatic amines is 1. The second-order valence-electron chi connectivity index (χ2n) is 4.02. The average Bonchev–Trinajstić information content (AvgIpc) is 2.85. The van der Waals surface area contributed by atoms with Crippen LogP contribution in [0.15, 0.2) is 24.3 Å². The van der Waals surface area contributed by atoms with Crippen LogP contribution in [0.4, 0.5) is 4.39 Å². The number of halogens is 1. The molecule has 0 saturated carbocycles. The van der Waals surface area contributed by atoms with Gasteiger partial charge in [0, 0.05) is 11.3 Å². The molecule has 2 N–H and O–H groups in total. The number of nitrogens with one attached hydrogen (secondary N) is 1. The fraction of sp³-hybridized carbons (Fsp3) is 0.231. The van der Waals surface area contributed by atoms with Gasteiger partial charge >= 0.3 is 5.97 Å². The number of methoxy groups -OCH3 is 1. The third kappa shape index (κ3) is 3.09. The number of benzene rings is 1. The Labute approximate surface area is 109 Å². The van der Waals surface area contributed by atoms with Gasteiger partial charge in [-0.15, -0.1) is 0 Å². The molecule has 1 heterocycles. The van der Waals surface area contributed by atoms with Crippen molar-refractivity contribution in [2.24, 2.45) is 0 Å². The zero-order valence-corrected chi connectivity index (χ0v) is 10.3. The van der Waals surface area contributed by atoms with Gasteiger partial charge < -0.3 is 9.84 Å². The maximum Gasteiger partial charge on any atom is 0.303 e. The first-order chi connectivity index (χ1) is 9.10. The van der Waals surface area contributed by atoms with E-state index in [1.807, 2.05) is 0 Å². The predicted molar refractivity (Wildman–Crippen MR) is 66.5 cm³/mol. The summed E-state index contributed by atoms with van der Waals surface area (Å²) in [6.07, 6.45) is 0.388. The van der Waals surface area contributed by atoms with Crippen LogP contribution in [0.2, 0.25) is 0 Å². The smallest absolute Gasteiger partial charge is 0.303 e. The fourth-order valence-electron chi connectivity index (χ4n) is 1.70. The summed E-state index contributed by atoms with van der Waals surface area (Å²) in [5, 5.41) is 15.4. The van der Waals surface area contributed by atoms with Gasteiger partial charge in [-0.2, -0.15) is 5.10 Å². The maximum atomic E-state index is 13.6. The summed E-state index contributed by atoms with van der Waals surface area (Å²) in [6, 6.07) is 6.26. The van der Waals surface area contributed by atoms with Crippen molar-refractivity contribution in [3.05, 3.63) is 35.8 Å². The Morgan fingerprint density at radius 3 is 2.89 bits per heavy atom. The molecule has 0 unspecified atom stereocenters. The Bertz CT molecular complexity index is 595. The molecule has 0 aliphatic rings. The second kappa shape index (κ2) is 5.51. The zero-order valence-electron chi connectivity index (χ0n) is 10.3. The van der Waals surface area contributed by atoms with Crippen LogP contribution in [-0.2, 0) is 11.2 Å². The lowest BCUT2D eigenvalue weighted by Gasteiger charge is -2.02. The van der Waals surface area contributed by atoms with Crippen LogP contribution < -0.4 is 4.74 Å². The van der Waals surface area contributed by atoms with E-state index >= 15 is 0 Å². The molecule has 6 heteroatoms. The van der Waals surface area contributed by atoms with E-state index in [0.29, 0.717) is 23.4 Å². The molecule has 19 heavy (non-hydrogen) atoms. The van der Waals surface area contributed by atoms with E-state index in [1.54, 1.807) is 12.1 Å². The number of carbonyl (C=O) groups is 1. The molecule has 0 aliphatic heterocycles. The number of aliphatic carboxylic acids is 1. The van der Waals surface area contributed by atoms with Crippen molar-refractivity contribution in [1.29, 1.82) is 0 Å². The van der Waals surface area contributed by atoms with E-state index < -0.39 is 11.8 Å². The Balaban J connectivity index is 2.18. The highest BCUT2D eigenvalue weighted by Gasteiger charge is 2.09. The number of ether oxygens (including phenoxy) is 1. The summed E-state index contributed by atoms with van der Waals surface area (Å²) in [7, 11) is 1.40. The van der Waals surface area contributed by atoms with E-state index in [-0.39, 0.29) is 12.2 Å². The molecule has 0 bridgehead atoms. The highest BCUT2D eigenvalue weighted by Crippen LogP contribution is 2.24. The molecular weight excluding hydrogens is 251 g/mol. The summed E-state index contributed by atoms with van der Waals surface area (Å²) in [4.78, 5) is 10.5. The van der Waals surface area contributed by atoms with Gasteiger partial charge in [0.15, 0.2) is 11.6 Å². The molecule has 1 aromatic heterocycles. The lowest BCUT2D eigenvalue weighted by atomic mass is 10.1. The molecule has 2 aromatic rings. The topological polar surface area (TPSA) is 75.2 Å². The molecule has 0 radical (unpaired) electrons. The molecule has 5 nitrogen and oxygen atoms in total. The number of carboxylic acid groups (broad SMARTS) is 1. The van der Waals surface area contributed by atoms with E-state index in [4.69, 9.17) is 9.84 Å². The van der Waals surface area contributed by atoms with E-state index in [0.717, 1.165) is 0 Å². The number of aryl methyl sites for hydroxylation is 1. The minimum atomic E-state index is -0.869. The van der Waals surface area contributed by atoms with Crippen molar-refractivity contribution in [2.75, 3.05) is 7.11 Å². The first-order valence-corrected chi connectivity index (χ1v) is 5.70. The number of hydrogen-bond donors (Lipinski definition) is 2. The molecule has 0 spiro atoms. The van der Waals surface area contributed by atoms with Gasteiger partial charge in [-0.25, -0.2) is 4.39 Å². The van der Waals surface area contributed by atoms with Crippen LogP contribution >= 0.6 is 0 Å². The molecule has 0 saturated heterocycles. The van der Waals surface area contributed by atoms with Crippen molar-refractivity contribution in [3.8, 4) is 17.0 Å². The van der Waals surface area contributed by atoms with Gasteiger partial charge in [-0.1, -0.05) is 0 Å². The van der Waals surface area contributed by atoms with Crippen molar-refractivity contribution in [2.45, 2.75) is 12.8 Å². The van der Waals surface area contributed by atoms with Gasteiger partial charge in [0.25, 0.3) is 0 Å². The quantitative estimate of drug-likeness (QED) is 0.868. The lowest BCUT2D eigenvalue weighted by molar-refractivity contribution is -0.136. The first kappa shape index (κ1) is 13.1. The molecule has 1 aromatic carbocycles. The monoisotopic (exact) mass is 264 g/mol. The van der Waals surface area contributed by atoms with Crippen LogP contribution in [-0.4, -0.2) is 28.4 Å². The molecule has 0 aliphatic carbocycles. The summed E-state index contributed by atoms with van der Waals surface area (Å²) in [5.41, 5.74) is 1.88. The highest BCUT2D eigenvalue weighted by atomic mass is 19.1. The molecule has 0 amide bonds. The zero-order chi connectivity index (χ0) is 13.8. The van der Waals surface area contributed by atoms with Crippen LogP contribution in [0.3, 0.4) is 0 Å². The molecule has 0 fully saturated rings. The molecule has 2 rings (SSSR count). The standard InChI is InChI=1S/C13H13FN2O3/c1-19-12-4-2-8(6-10(12)14)11-7-9(15-16-11)3-5-13(17)18/h2,4,6-7H,3,5H2,1H3,(H,15,16)(H,17,18). The summed E-state index contributed by atoms with van der Waals surface area (Å²) in [6.45, 7) is 0. The van der Waals surface area contributed by atoms with Crippen LogP contribution in [0.5, 0.6) is 5.75 Å². The van der Waals surface area contributed by atoms with Gasteiger partial charge in [0.2, 0.25) is 0 Å². The molecular formula is C13H13FN2O3. The summed E-state index contributed by atoms with van der Waals surface area (Å²) in [5.74, 6) is -1.16. The number of hydrogen-bond acceptors (Lipinski definition) is 3. The minimum Gasteiger partial charge on any atom is -0.494 e. The number of nitrogens with zero attached hydrogens (tertiary/aromatic N) is 1. The Morgan fingerprint density at radius 1 is 1.47 bits per heavy atom. The average molecular weight is 264 g/mol. The largest absolute Gasteiger partial charge is 0.494 e. The third-order valence-corrected chi connectivity index (χ3v) is 2.69. The SMILES string of the molecule is COc1ccc(-c2cc(CCC(=O)O)[nH]n2)cc1F. The Kier molecular flexibility index (Phi) is 3.79. The normalized spacial score (nSPS) is 10.4. The lowest BCUT2D eigenvalue weighted by Crippen LogP contribution is -1.97.